The third-order valence-electron chi connectivity index (χ3n) is 10.4. The number of aromatic nitrogens is 1. The van der Waals surface area contributed by atoms with Gasteiger partial charge in [-0.2, -0.15) is 0 Å². The molecule has 0 radical (unpaired) electrons. The van der Waals surface area contributed by atoms with E-state index in [9.17, 15) is 0 Å². The molecule has 2 aliphatic heterocycles. The Bertz CT molecular complexity index is 2260. The molecular formula is C42H36N2. The molecule has 0 fully saturated rings. The first-order valence-corrected chi connectivity index (χ1v) is 15.9. The first-order chi connectivity index (χ1) is 21.3. The third-order valence-corrected chi connectivity index (χ3v) is 10.4. The first-order valence-electron chi connectivity index (χ1n) is 15.9. The number of hydrogen-bond acceptors (Lipinski definition) is 1. The Morgan fingerprint density at radius 2 is 1.23 bits per heavy atom. The van der Waals surface area contributed by atoms with Gasteiger partial charge in [-0.05, 0) is 116 Å². The van der Waals surface area contributed by atoms with E-state index >= 15 is 0 Å². The predicted octanol–water partition coefficient (Wildman–Crippen LogP) is 10.9. The number of aryl methyl sites for hydroxylation is 6. The summed E-state index contributed by atoms with van der Waals surface area (Å²) in [6.07, 6.45) is 4.86. The van der Waals surface area contributed by atoms with Crippen LogP contribution in [0.5, 0.6) is 0 Å². The topological polar surface area (TPSA) is 8.17 Å². The van der Waals surface area contributed by atoms with Crippen molar-refractivity contribution in [2.24, 2.45) is 0 Å². The van der Waals surface area contributed by atoms with E-state index < -0.39 is 0 Å². The van der Waals surface area contributed by atoms with Crippen LogP contribution in [0.1, 0.15) is 50.4 Å². The molecule has 0 saturated carbocycles. The Labute approximate surface area is 259 Å². The summed E-state index contributed by atoms with van der Waals surface area (Å²) in [4.78, 5) is 2.66. The Kier molecular flexibility index (Phi) is 5.17. The van der Waals surface area contributed by atoms with Crippen molar-refractivity contribution in [2.75, 3.05) is 4.90 Å². The fourth-order valence-corrected chi connectivity index (χ4v) is 9.17. The van der Waals surface area contributed by atoms with Crippen molar-refractivity contribution in [3.8, 4) is 11.1 Å². The van der Waals surface area contributed by atoms with Gasteiger partial charge in [-0.3, -0.25) is 0 Å². The third kappa shape index (κ3) is 3.21. The molecule has 2 atom stereocenters. The maximum atomic E-state index is 2.66. The molecule has 1 aliphatic carbocycles. The van der Waals surface area contributed by atoms with Crippen LogP contribution in [0.3, 0.4) is 0 Å². The molecule has 2 nitrogen and oxygen atoms in total. The zero-order valence-corrected chi connectivity index (χ0v) is 26.3. The molecule has 6 aromatic rings. The summed E-state index contributed by atoms with van der Waals surface area (Å²) in [5.41, 5.74) is 21.6. The highest BCUT2D eigenvalue weighted by atomic mass is 15.3. The van der Waals surface area contributed by atoms with Gasteiger partial charge in [0.25, 0.3) is 0 Å². The highest BCUT2D eigenvalue weighted by Crippen LogP contribution is 2.60. The van der Waals surface area contributed by atoms with E-state index in [-0.39, 0.29) is 12.0 Å². The second-order valence-electron chi connectivity index (χ2n) is 13.3. The fraction of sp³-hybridized carbons (Fsp3) is 0.190. The Morgan fingerprint density at radius 1 is 0.591 bits per heavy atom. The van der Waals surface area contributed by atoms with Crippen LogP contribution in [0, 0.1) is 41.5 Å². The molecule has 44 heavy (non-hydrogen) atoms. The maximum Gasteiger partial charge on any atom is 0.0857 e. The van der Waals surface area contributed by atoms with Crippen molar-refractivity contribution in [1.82, 2.24) is 4.57 Å². The summed E-state index contributed by atoms with van der Waals surface area (Å²) in [6, 6.07) is 32.5. The van der Waals surface area contributed by atoms with Crippen LogP contribution in [0.2, 0.25) is 0 Å². The summed E-state index contributed by atoms with van der Waals surface area (Å²) < 4.78 is 2.60. The number of anilines is 2. The van der Waals surface area contributed by atoms with Crippen LogP contribution in [-0.4, -0.2) is 10.6 Å². The van der Waals surface area contributed by atoms with Crippen LogP contribution >= 0.6 is 0 Å². The van der Waals surface area contributed by atoms with Gasteiger partial charge in [0, 0.05) is 28.1 Å². The number of nitrogens with zero attached hydrogens (tertiary/aromatic N) is 2. The van der Waals surface area contributed by atoms with Crippen LogP contribution in [0.25, 0.3) is 44.2 Å². The second kappa shape index (κ2) is 8.86. The van der Waals surface area contributed by atoms with E-state index in [2.05, 4.69) is 148 Å². The van der Waals surface area contributed by atoms with E-state index in [1.54, 1.807) is 0 Å². The number of para-hydroxylation sites is 2. The number of fused-ring (bicyclic) bond motifs is 8. The van der Waals surface area contributed by atoms with E-state index in [1.807, 2.05) is 0 Å². The van der Waals surface area contributed by atoms with Crippen molar-refractivity contribution in [3.05, 3.63) is 142 Å². The molecule has 1 aromatic heterocycles. The van der Waals surface area contributed by atoms with E-state index in [0.29, 0.717) is 0 Å². The molecule has 214 valence electrons. The number of allylic oxidation sites excluding steroid dienone is 2. The highest BCUT2D eigenvalue weighted by molar-refractivity contribution is 6.22. The van der Waals surface area contributed by atoms with Crippen LogP contribution in [0.15, 0.2) is 97.1 Å². The Balaban J connectivity index is 1.42. The summed E-state index contributed by atoms with van der Waals surface area (Å²) >= 11 is 0. The zero-order valence-electron chi connectivity index (χ0n) is 26.3. The number of rotatable bonds is 2. The van der Waals surface area contributed by atoms with Gasteiger partial charge in [0.15, 0.2) is 0 Å². The predicted molar refractivity (Wildman–Crippen MR) is 187 cm³/mol. The summed E-state index contributed by atoms with van der Waals surface area (Å²) in [7, 11) is 0. The molecule has 0 bridgehead atoms. The molecular weight excluding hydrogens is 532 g/mol. The Hall–Kier alpha value is -4.82. The number of hydrogen-bond donors (Lipinski definition) is 0. The largest absolute Gasteiger partial charge is 0.329 e. The lowest BCUT2D eigenvalue weighted by atomic mass is 9.76. The van der Waals surface area contributed by atoms with Gasteiger partial charge in [-0.25, -0.2) is 0 Å². The lowest BCUT2D eigenvalue weighted by molar-refractivity contribution is 0.736. The van der Waals surface area contributed by atoms with Crippen LogP contribution < -0.4 is 4.90 Å². The summed E-state index contributed by atoms with van der Waals surface area (Å²) in [5.74, 6) is 0.247. The highest BCUT2D eigenvalue weighted by Gasteiger charge is 2.49. The SMILES string of the molecule is Cc1cc(C)c(C2=CC=C3C4C2c2ccccc2N4c2ccc(-c4c(C)cc(C)cc4C)c4c5ccccc5n3c24)c(C)c1. The molecule has 0 N–H and O–H groups in total. The average Bonchev–Trinajstić information content (AvgIpc) is 3.52. The van der Waals surface area contributed by atoms with Gasteiger partial charge in [-0.1, -0.05) is 83.9 Å². The van der Waals surface area contributed by atoms with Crippen molar-refractivity contribution < 1.29 is 0 Å². The second-order valence-corrected chi connectivity index (χ2v) is 13.3. The van der Waals surface area contributed by atoms with Gasteiger partial charge in [0.2, 0.25) is 0 Å². The maximum absolute atomic E-state index is 2.66. The van der Waals surface area contributed by atoms with Gasteiger partial charge in [0.05, 0.1) is 22.8 Å². The monoisotopic (exact) mass is 568 g/mol. The summed E-state index contributed by atoms with van der Waals surface area (Å²) in [5, 5.41) is 2.68. The first kappa shape index (κ1) is 25.7. The average molecular weight is 569 g/mol. The molecule has 2 unspecified atom stereocenters. The van der Waals surface area contributed by atoms with Gasteiger partial charge < -0.3 is 9.47 Å². The van der Waals surface area contributed by atoms with Crippen molar-refractivity contribution in [1.29, 1.82) is 0 Å². The van der Waals surface area contributed by atoms with Crippen LogP contribution in [0.4, 0.5) is 11.4 Å². The van der Waals surface area contributed by atoms with E-state index in [4.69, 9.17) is 0 Å². The smallest absolute Gasteiger partial charge is 0.0857 e. The molecule has 5 aromatic carbocycles. The molecule has 0 amide bonds. The Morgan fingerprint density at radius 3 is 1.95 bits per heavy atom. The van der Waals surface area contributed by atoms with Gasteiger partial charge >= 0.3 is 0 Å². The molecule has 2 heteroatoms. The minimum atomic E-state index is 0.188. The van der Waals surface area contributed by atoms with Crippen molar-refractivity contribution >= 4 is 44.5 Å². The molecule has 3 aliphatic rings. The number of benzene rings is 5. The molecule has 0 spiro atoms. The quantitative estimate of drug-likeness (QED) is 0.202. The van der Waals surface area contributed by atoms with Gasteiger partial charge in [-0.15, -0.1) is 0 Å². The lowest BCUT2D eigenvalue weighted by Gasteiger charge is -2.41. The standard InChI is InChI=1S/C42H36N2/c1-23-19-25(3)37(26(4)20-23)31-15-17-35-41-39(31)29-11-7-9-13-33(29)43(41)36-18-16-32(38-27(5)21-24(2)22-28(38)6)40-30-12-8-10-14-34(30)44(35)42(36)40/h7-22,39,41H,1-6H3. The van der Waals surface area contributed by atoms with E-state index in [1.165, 1.54) is 100 Å². The fourth-order valence-electron chi connectivity index (χ4n) is 9.17. The molecule has 0 saturated heterocycles. The normalized spacial score (nSPS) is 18.0. The lowest BCUT2D eigenvalue weighted by Crippen LogP contribution is -2.38. The van der Waals surface area contributed by atoms with E-state index in [0.717, 1.165) is 0 Å². The van der Waals surface area contributed by atoms with Crippen molar-refractivity contribution in [2.45, 2.75) is 53.5 Å². The zero-order chi connectivity index (χ0) is 30.0. The van der Waals surface area contributed by atoms with Gasteiger partial charge in [0.1, 0.15) is 0 Å². The minimum absolute atomic E-state index is 0.188. The molecule has 9 rings (SSSR count). The van der Waals surface area contributed by atoms with Crippen LogP contribution in [-0.2, 0) is 0 Å². The summed E-state index contributed by atoms with van der Waals surface area (Å²) in [6.45, 7) is 13.5. The molecule has 3 heterocycles. The van der Waals surface area contributed by atoms with Crippen molar-refractivity contribution in [3.63, 3.8) is 0 Å². The minimum Gasteiger partial charge on any atom is -0.329 e.